The number of ether oxygens (including phenoxy) is 1. The summed E-state index contributed by atoms with van der Waals surface area (Å²) in [6.07, 6.45) is 7.47. The average Bonchev–Trinajstić information content (AvgIpc) is 2.94. The first-order valence-corrected chi connectivity index (χ1v) is 8.59. The Morgan fingerprint density at radius 2 is 1.90 bits per heavy atom. The van der Waals surface area contributed by atoms with Gasteiger partial charge in [-0.25, -0.2) is 0 Å². The van der Waals surface area contributed by atoms with Crippen LogP contribution in [-0.4, -0.2) is 25.8 Å². The van der Waals surface area contributed by atoms with Crippen molar-refractivity contribution in [2.45, 2.75) is 58.4 Å². The lowest BCUT2D eigenvalue weighted by Gasteiger charge is -2.38. The van der Waals surface area contributed by atoms with Gasteiger partial charge in [-0.05, 0) is 60.6 Å². The van der Waals surface area contributed by atoms with Crippen LogP contribution in [0.15, 0.2) is 18.2 Å². The number of fused-ring (bicyclic) bond motifs is 1. The van der Waals surface area contributed by atoms with Crippen molar-refractivity contribution in [3.63, 3.8) is 0 Å². The number of rotatable bonds is 5. The van der Waals surface area contributed by atoms with E-state index in [1.165, 1.54) is 44.1 Å². The second-order valence-corrected chi connectivity index (χ2v) is 7.28. The zero-order valence-corrected chi connectivity index (χ0v) is 13.6. The smallest absolute Gasteiger partial charge is 0.0471 e. The van der Waals surface area contributed by atoms with Crippen molar-refractivity contribution in [1.29, 1.82) is 0 Å². The first kappa shape index (κ1) is 15.1. The summed E-state index contributed by atoms with van der Waals surface area (Å²) in [4.78, 5) is 0. The molecule has 1 fully saturated rings. The van der Waals surface area contributed by atoms with E-state index in [1.807, 2.05) is 0 Å². The van der Waals surface area contributed by atoms with Gasteiger partial charge in [0.25, 0.3) is 0 Å². The van der Waals surface area contributed by atoms with Crippen molar-refractivity contribution in [3.05, 3.63) is 34.9 Å². The summed E-state index contributed by atoms with van der Waals surface area (Å²) in [7, 11) is 0. The fourth-order valence-electron chi connectivity index (χ4n) is 3.81. The van der Waals surface area contributed by atoms with E-state index in [4.69, 9.17) is 4.74 Å². The van der Waals surface area contributed by atoms with Gasteiger partial charge in [0.05, 0.1) is 0 Å². The van der Waals surface area contributed by atoms with Gasteiger partial charge in [-0.1, -0.05) is 32.0 Å². The standard InChI is InChI=1S/C19H29NO/c1-15(2)20-14-19(8-10-21-11-9-19)13-16-6-7-17-4-3-5-18(17)12-16/h6-7,12,15,20H,3-5,8-11,13-14H2,1-2H3. The molecule has 2 nitrogen and oxygen atoms in total. The molecule has 0 saturated carbocycles. The van der Waals surface area contributed by atoms with Crippen molar-refractivity contribution < 1.29 is 4.74 Å². The normalized spacial score (nSPS) is 20.7. The van der Waals surface area contributed by atoms with Crippen LogP contribution in [0.5, 0.6) is 0 Å². The molecule has 0 amide bonds. The Labute approximate surface area is 129 Å². The molecule has 1 saturated heterocycles. The van der Waals surface area contributed by atoms with Crippen LogP contribution in [0, 0.1) is 5.41 Å². The first-order chi connectivity index (χ1) is 10.2. The second-order valence-electron chi connectivity index (χ2n) is 7.28. The number of aryl methyl sites for hydroxylation is 2. The van der Waals surface area contributed by atoms with E-state index in [9.17, 15) is 0 Å². The zero-order valence-electron chi connectivity index (χ0n) is 13.6. The number of hydrogen-bond acceptors (Lipinski definition) is 2. The van der Waals surface area contributed by atoms with E-state index in [0.29, 0.717) is 11.5 Å². The predicted molar refractivity (Wildman–Crippen MR) is 87.8 cm³/mol. The maximum atomic E-state index is 5.62. The molecule has 1 aromatic carbocycles. The molecule has 0 unspecified atom stereocenters. The van der Waals surface area contributed by atoms with Crippen LogP contribution in [0.25, 0.3) is 0 Å². The fourth-order valence-corrected chi connectivity index (χ4v) is 3.81. The van der Waals surface area contributed by atoms with Crippen molar-refractivity contribution in [2.24, 2.45) is 5.41 Å². The molecular formula is C19H29NO. The van der Waals surface area contributed by atoms with Gasteiger partial charge in [0.1, 0.15) is 0 Å². The molecule has 2 aliphatic rings. The molecular weight excluding hydrogens is 258 g/mol. The van der Waals surface area contributed by atoms with E-state index in [0.717, 1.165) is 19.8 Å². The van der Waals surface area contributed by atoms with Gasteiger partial charge >= 0.3 is 0 Å². The van der Waals surface area contributed by atoms with Crippen LogP contribution in [-0.2, 0) is 24.0 Å². The minimum absolute atomic E-state index is 0.384. The summed E-state index contributed by atoms with van der Waals surface area (Å²) in [6.45, 7) is 7.44. The molecule has 1 aliphatic carbocycles. The third-order valence-corrected chi connectivity index (χ3v) is 5.18. The molecule has 1 N–H and O–H groups in total. The van der Waals surface area contributed by atoms with E-state index in [1.54, 1.807) is 11.1 Å². The lowest BCUT2D eigenvalue weighted by Crippen LogP contribution is -2.42. The van der Waals surface area contributed by atoms with E-state index in [2.05, 4.69) is 37.4 Å². The third kappa shape index (κ3) is 3.67. The van der Waals surface area contributed by atoms with Gasteiger partial charge in [-0.2, -0.15) is 0 Å². The molecule has 0 aromatic heterocycles. The predicted octanol–water partition coefficient (Wildman–Crippen LogP) is 3.51. The monoisotopic (exact) mass is 287 g/mol. The zero-order chi connectivity index (χ0) is 14.7. The highest BCUT2D eigenvalue weighted by Crippen LogP contribution is 2.35. The second kappa shape index (κ2) is 6.50. The molecule has 21 heavy (non-hydrogen) atoms. The summed E-state index contributed by atoms with van der Waals surface area (Å²) in [5.41, 5.74) is 5.10. The van der Waals surface area contributed by atoms with Crippen LogP contribution < -0.4 is 5.32 Å². The molecule has 2 heteroatoms. The van der Waals surface area contributed by atoms with Crippen molar-refractivity contribution in [3.8, 4) is 0 Å². The van der Waals surface area contributed by atoms with Crippen molar-refractivity contribution in [2.75, 3.05) is 19.8 Å². The molecule has 1 aliphatic heterocycles. The average molecular weight is 287 g/mol. The van der Waals surface area contributed by atoms with Crippen LogP contribution in [0.3, 0.4) is 0 Å². The summed E-state index contributed by atoms with van der Waals surface area (Å²) in [5, 5.41) is 3.67. The van der Waals surface area contributed by atoms with E-state index in [-0.39, 0.29) is 0 Å². The van der Waals surface area contributed by atoms with E-state index >= 15 is 0 Å². The third-order valence-electron chi connectivity index (χ3n) is 5.18. The largest absolute Gasteiger partial charge is 0.381 e. The summed E-state index contributed by atoms with van der Waals surface area (Å²) < 4.78 is 5.62. The molecule has 0 spiro atoms. The number of hydrogen-bond donors (Lipinski definition) is 1. The number of benzene rings is 1. The lowest BCUT2D eigenvalue weighted by atomic mass is 9.74. The van der Waals surface area contributed by atoms with Gasteiger partial charge < -0.3 is 10.1 Å². The van der Waals surface area contributed by atoms with Crippen molar-refractivity contribution in [1.82, 2.24) is 5.32 Å². The number of nitrogens with one attached hydrogen (secondary N) is 1. The summed E-state index contributed by atoms with van der Waals surface area (Å²) in [6, 6.07) is 7.79. The van der Waals surface area contributed by atoms with Gasteiger partial charge in [0.2, 0.25) is 0 Å². The Hall–Kier alpha value is -0.860. The maximum Gasteiger partial charge on any atom is 0.0471 e. The first-order valence-electron chi connectivity index (χ1n) is 8.59. The van der Waals surface area contributed by atoms with E-state index < -0.39 is 0 Å². The molecule has 1 aromatic rings. The minimum Gasteiger partial charge on any atom is -0.381 e. The Bertz CT molecular complexity index is 474. The molecule has 0 bridgehead atoms. The Morgan fingerprint density at radius 3 is 2.67 bits per heavy atom. The SMILES string of the molecule is CC(C)NCC1(Cc2ccc3c(c2)CCC3)CCOCC1. The fraction of sp³-hybridized carbons (Fsp3) is 0.684. The maximum absolute atomic E-state index is 5.62. The molecule has 116 valence electrons. The summed E-state index contributed by atoms with van der Waals surface area (Å²) >= 11 is 0. The topological polar surface area (TPSA) is 21.3 Å². The highest BCUT2D eigenvalue weighted by Gasteiger charge is 2.33. The quantitative estimate of drug-likeness (QED) is 0.895. The molecule has 1 heterocycles. The highest BCUT2D eigenvalue weighted by atomic mass is 16.5. The Morgan fingerprint density at radius 1 is 1.14 bits per heavy atom. The molecule has 3 rings (SSSR count). The van der Waals surface area contributed by atoms with Crippen LogP contribution >= 0.6 is 0 Å². The van der Waals surface area contributed by atoms with Crippen LogP contribution in [0.2, 0.25) is 0 Å². The Balaban J connectivity index is 1.74. The highest BCUT2D eigenvalue weighted by molar-refractivity contribution is 5.35. The molecule has 0 atom stereocenters. The van der Waals surface area contributed by atoms with Gasteiger partial charge in [0.15, 0.2) is 0 Å². The minimum atomic E-state index is 0.384. The van der Waals surface area contributed by atoms with Crippen LogP contribution in [0.1, 0.15) is 49.8 Å². The van der Waals surface area contributed by atoms with Crippen molar-refractivity contribution >= 4 is 0 Å². The van der Waals surface area contributed by atoms with Gasteiger partial charge in [0, 0.05) is 25.8 Å². The van der Waals surface area contributed by atoms with Gasteiger partial charge in [-0.3, -0.25) is 0 Å². The Kier molecular flexibility index (Phi) is 4.66. The lowest BCUT2D eigenvalue weighted by molar-refractivity contribution is 0.0141. The summed E-state index contributed by atoms with van der Waals surface area (Å²) in [5.74, 6) is 0. The van der Waals surface area contributed by atoms with Gasteiger partial charge in [-0.15, -0.1) is 0 Å². The molecule has 0 radical (unpaired) electrons. The van der Waals surface area contributed by atoms with Crippen LogP contribution in [0.4, 0.5) is 0 Å².